The molecule has 3 nitrogen and oxygen atoms in total. The Morgan fingerprint density at radius 2 is 1.92 bits per heavy atom. The van der Waals surface area contributed by atoms with Crippen LogP contribution >= 0.6 is 0 Å². The number of unbranched alkanes of at least 4 members (excludes halogenated alkanes) is 2. The normalized spacial score (nSPS) is 9.33. The minimum absolute atomic E-state index is 0.494. The van der Waals surface area contributed by atoms with E-state index in [2.05, 4.69) is 12.2 Å². The van der Waals surface area contributed by atoms with Crippen LogP contribution in [0.3, 0.4) is 0 Å². The van der Waals surface area contributed by atoms with E-state index in [1.807, 2.05) is 12.1 Å². The van der Waals surface area contributed by atoms with Crippen LogP contribution < -0.4 is 5.32 Å². The van der Waals surface area contributed by atoms with Gasteiger partial charge in [0.25, 0.3) is 0 Å². The van der Waals surface area contributed by atoms with Gasteiger partial charge in [-0.05, 0) is 13.0 Å². The highest BCUT2D eigenvalue weighted by atomic mass is 14.8. The summed E-state index contributed by atoms with van der Waals surface area (Å²) in [5, 5.41) is 19.9. The van der Waals surface area contributed by atoms with Gasteiger partial charge < -0.3 is 5.32 Å². The summed E-state index contributed by atoms with van der Waals surface area (Å²) in [5.74, 6) is -0.494. The van der Waals surface area contributed by atoms with Crippen LogP contribution in [0.15, 0.2) is 0 Å². The maximum absolute atomic E-state index is 8.42. The molecule has 66 valence electrons. The summed E-state index contributed by atoms with van der Waals surface area (Å²) >= 11 is 0. The molecule has 0 spiro atoms. The Hall–Kier alpha value is -1.06. The Labute approximate surface area is 74.0 Å². The fraction of sp³-hybridized carbons (Fsp3) is 0.778. The van der Waals surface area contributed by atoms with Gasteiger partial charge in [-0.15, -0.1) is 0 Å². The number of nitrogens with zero attached hydrogens (tertiary/aromatic N) is 2. The zero-order chi connectivity index (χ0) is 9.23. The summed E-state index contributed by atoms with van der Waals surface area (Å²) in [5.41, 5.74) is 0. The molecule has 0 saturated carbocycles. The molecule has 0 aliphatic heterocycles. The number of rotatable bonds is 6. The Balaban J connectivity index is 3.21. The van der Waals surface area contributed by atoms with E-state index < -0.39 is 5.92 Å². The molecule has 0 amide bonds. The molecule has 0 aromatic carbocycles. The third-order valence-electron chi connectivity index (χ3n) is 1.62. The second kappa shape index (κ2) is 8.04. The van der Waals surface area contributed by atoms with Crippen LogP contribution in [-0.4, -0.2) is 13.1 Å². The zero-order valence-electron chi connectivity index (χ0n) is 7.51. The minimum Gasteiger partial charge on any atom is -0.314 e. The highest BCUT2D eigenvalue weighted by molar-refractivity contribution is 4.99. The van der Waals surface area contributed by atoms with Crippen molar-refractivity contribution >= 4 is 0 Å². The van der Waals surface area contributed by atoms with Crippen LogP contribution in [0.5, 0.6) is 0 Å². The molecule has 1 N–H and O–H groups in total. The number of hydrogen-bond acceptors (Lipinski definition) is 3. The first-order chi connectivity index (χ1) is 5.85. The second-order valence-corrected chi connectivity index (χ2v) is 2.72. The molecule has 0 aliphatic carbocycles. The van der Waals surface area contributed by atoms with Crippen molar-refractivity contribution in [1.29, 1.82) is 10.5 Å². The quantitative estimate of drug-likeness (QED) is 0.606. The lowest BCUT2D eigenvalue weighted by molar-refractivity contribution is 0.594. The van der Waals surface area contributed by atoms with Gasteiger partial charge in [-0.1, -0.05) is 19.8 Å². The lowest BCUT2D eigenvalue weighted by Gasteiger charge is -2.02. The van der Waals surface area contributed by atoms with Gasteiger partial charge in [-0.25, -0.2) is 0 Å². The number of nitrogens with one attached hydrogen (secondary N) is 1. The Kier molecular flexibility index (Phi) is 7.33. The Morgan fingerprint density at radius 3 is 2.42 bits per heavy atom. The topological polar surface area (TPSA) is 59.6 Å². The van der Waals surface area contributed by atoms with E-state index in [0.29, 0.717) is 6.54 Å². The largest absolute Gasteiger partial charge is 0.314 e. The monoisotopic (exact) mass is 165 g/mol. The van der Waals surface area contributed by atoms with Gasteiger partial charge in [-0.2, -0.15) is 10.5 Å². The maximum atomic E-state index is 8.42. The molecular weight excluding hydrogens is 150 g/mol. The van der Waals surface area contributed by atoms with Crippen LogP contribution in [0.25, 0.3) is 0 Å². The van der Waals surface area contributed by atoms with Gasteiger partial charge in [0.1, 0.15) is 5.92 Å². The minimum atomic E-state index is -0.494. The molecule has 0 saturated heterocycles. The Bertz CT molecular complexity index is 161. The van der Waals surface area contributed by atoms with Gasteiger partial charge in [0.2, 0.25) is 0 Å². The van der Waals surface area contributed by atoms with Crippen molar-refractivity contribution in [2.75, 3.05) is 13.1 Å². The average molecular weight is 165 g/mol. The molecule has 3 heteroatoms. The maximum Gasteiger partial charge on any atom is 0.145 e. The third kappa shape index (κ3) is 5.70. The van der Waals surface area contributed by atoms with Gasteiger partial charge in [0.05, 0.1) is 12.1 Å². The van der Waals surface area contributed by atoms with E-state index in [0.717, 1.165) is 13.0 Å². The first-order valence-corrected chi connectivity index (χ1v) is 4.35. The van der Waals surface area contributed by atoms with Crippen molar-refractivity contribution < 1.29 is 0 Å². The van der Waals surface area contributed by atoms with E-state index >= 15 is 0 Å². The van der Waals surface area contributed by atoms with Crippen LogP contribution in [0, 0.1) is 28.6 Å². The predicted octanol–water partition coefficient (Wildman–Crippen LogP) is 1.43. The molecule has 0 unspecified atom stereocenters. The standard InChI is InChI=1S/C9H15N3/c1-2-3-4-5-12-8-9(6-10)7-11/h9,12H,2-5,8H2,1H3. The molecule has 0 heterocycles. The summed E-state index contributed by atoms with van der Waals surface area (Å²) in [4.78, 5) is 0. The summed E-state index contributed by atoms with van der Waals surface area (Å²) in [6, 6.07) is 3.84. The summed E-state index contributed by atoms with van der Waals surface area (Å²) in [6.45, 7) is 3.55. The second-order valence-electron chi connectivity index (χ2n) is 2.72. The predicted molar refractivity (Wildman–Crippen MR) is 47.1 cm³/mol. The van der Waals surface area contributed by atoms with Gasteiger partial charge >= 0.3 is 0 Å². The van der Waals surface area contributed by atoms with E-state index in [1.54, 1.807) is 0 Å². The summed E-state index contributed by atoms with van der Waals surface area (Å²) in [7, 11) is 0. The fourth-order valence-corrected chi connectivity index (χ4v) is 0.867. The molecule has 0 aromatic heterocycles. The molecular formula is C9H15N3. The first-order valence-electron chi connectivity index (χ1n) is 4.35. The lowest BCUT2D eigenvalue weighted by Crippen LogP contribution is -2.22. The zero-order valence-corrected chi connectivity index (χ0v) is 7.51. The average Bonchev–Trinajstić information content (AvgIpc) is 2.11. The lowest BCUT2D eigenvalue weighted by atomic mass is 10.2. The van der Waals surface area contributed by atoms with Gasteiger partial charge in [0, 0.05) is 6.54 Å². The highest BCUT2D eigenvalue weighted by Gasteiger charge is 2.02. The van der Waals surface area contributed by atoms with Crippen molar-refractivity contribution in [3.8, 4) is 12.1 Å². The van der Waals surface area contributed by atoms with Gasteiger partial charge in [-0.3, -0.25) is 0 Å². The van der Waals surface area contributed by atoms with E-state index in [9.17, 15) is 0 Å². The summed E-state index contributed by atoms with van der Waals surface area (Å²) in [6.07, 6.45) is 3.53. The molecule has 0 aliphatic rings. The SMILES string of the molecule is CCCCCNCC(C#N)C#N. The van der Waals surface area contributed by atoms with Crippen LogP contribution in [-0.2, 0) is 0 Å². The number of hydrogen-bond donors (Lipinski definition) is 1. The van der Waals surface area contributed by atoms with Crippen molar-refractivity contribution in [2.45, 2.75) is 26.2 Å². The van der Waals surface area contributed by atoms with Crippen molar-refractivity contribution in [3.63, 3.8) is 0 Å². The van der Waals surface area contributed by atoms with Crippen molar-refractivity contribution in [2.24, 2.45) is 5.92 Å². The Morgan fingerprint density at radius 1 is 1.25 bits per heavy atom. The van der Waals surface area contributed by atoms with Gasteiger partial charge in [0.15, 0.2) is 0 Å². The highest BCUT2D eigenvalue weighted by Crippen LogP contribution is 1.92. The third-order valence-corrected chi connectivity index (χ3v) is 1.62. The van der Waals surface area contributed by atoms with E-state index in [1.165, 1.54) is 12.8 Å². The first kappa shape index (κ1) is 10.9. The molecule has 0 bridgehead atoms. The molecule has 0 aromatic rings. The molecule has 12 heavy (non-hydrogen) atoms. The fourth-order valence-electron chi connectivity index (χ4n) is 0.867. The van der Waals surface area contributed by atoms with Crippen molar-refractivity contribution in [1.82, 2.24) is 5.32 Å². The van der Waals surface area contributed by atoms with E-state index in [-0.39, 0.29) is 0 Å². The smallest absolute Gasteiger partial charge is 0.145 e. The molecule has 0 atom stereocenters. The number of nitriles is 2. The molecule has 0 fully saturated rings. The summed E-state index contributed by atoms with van der Waals surface area (Å²) < 4.78 is 0. The molecule has 0 rings (SSSR count). The van der Waals surface area contributed by atoms with Crippen LogP contribution in [0.2, 0.25) is 0 Å². The van der Waals surface area contributed by atoms with E-state index in [4.69, 9.17) is 10.5 Å². The van der Waals surface area contributed by atoms with Crippen molar-refractivity contribution in [3.05, 3.63) is 0 Å². The molecule has 0 radical (unpaired) electrons. The van der Waals surface area contributed by atoms with Crippen LogP contribution in [0.1, 0.15) is 26.2 Å². The van der Waals surface area contributed by atoms with Crippen LogP contribution in [0.4, 0.5) is 0 Å².